The van der Waals surface area contributed by atoms with Crippen molar-refractivity contribution >= 4 is 21.8 Å². The molecule has 15 heavy (non-hydrogen) atoms. The summed E-state index contributed by atoms with van der Waals surface area (Å²) in [5, 5.41) is 2.98. The summed E-state index contributed by atoms with van der Waals surface area (Å²) >= 11 is 1.87. The highest BCUT2D eigenvalue weighted by Crippen LogP contribution is 2.25. The van der Waals surface area contributed by atoms with Gasteiger partial charge in [0.1, 0.15) is 0 Å². The van der Waals surface area contributed by atoms with E-state index in [0.29, 0.717) is 18.3 Å². The Labute approximate surface area is 96.6 Å². The van der Waals surface area contributed by atoms with Crippen LogP contribution in [-0.2, 0) is 10.0 Å². The van der Waals surface area contributed by atoms with Crippen molar-refractivity contribution in [2.75, 3.05) is 25.9 Å². The van der Waals surface area contributed by atoms with Gasteiger partial charge in [-0.3, -0.25) is 0 Å². The lowest BCUT2D eigenvalue weighted by Crippen LogP contribution is -2.40. The van der Waals surface area contributed by atoms with Gasteiger partial charge >= 0.3 is 0 Å². The average Bonchev–Trinajstić information content (AvgIpc) is 2.68. The molecule has 2 unspecified atom stereocenters. The Morgan fingerprint density at radius 2 is 2.27 bits per heavy atom. The standard InChI is InChI=1S/C9H20N2O2S2/c1-8(6-10-2)15(12,13)11-7-9-4-3-5-14-9/h8-11H,3-7H2,1-2H3. The molecule has 0 radical (unpaired) electrons. The number of hydrogen-bond donors (Lipinski definition) is 2. The van der Waals surface area contributed by atoms with Gasteiger partial charge < -0.3 is 5.32 Å². The molecule has 0 spiro atoms. The Morgan fingerprint density at radius 3 is 2.80 bits per heavy atom. The molecule has 2 N–H and O–H groups in total. The van der Waals surface area contributed by atoms with Crippen LogP contribution >= 0.6 is 11.8 Å². The molecular weight excluding hydrogens is 232 g/mol. The molecule has 0 aromatic rings. The molecular formula is C9H20N2O2S2. The summed E-state index contributed by atoms with van der Waals surface area (Å²) < 4.78 is 26.1. The highest BCUT2D eigenvalue weighted by molar-refractivity contribution is 8.00. The zero-order chi connectivity index (χ0) is 11.3. The molecule has 1 fully saturated rings. The van der Waals surface area contributed by atoms with Crippen LogP contribution in [0, 0.1) is 0 Å². The minimum atomic E-state index is -3.14. The smallest absolute Gasteiger partial charge is 0.215 e. The van der Waals surface area contributed by atoms with E-state index in [2.05, 4.69) is 10.0 Å². The van der Waals surface area contributed by atoms with Gasteiger partial charge in [0.2, 0.25) is 10.0 Å². The largest absolute Gasteiger partial charge is 0.318 e. The molecule has 0 aliphatic carbocycles. The van der Waals surface area contributed by atoms with Crippen molar-refractivity contribution in [1.29, 1.82) is 0 Å². The number of thioether (sulfide) groups is 1. The first-order valence-electron chi connectivity index (χ1n) is 5.31. The Balaban J connectivity index is 2.34. The minimum Gasteiger partial charge on any atom is -0.318 e. The molecule has 1 aliphatic rings. The Morgan fingerprint density at radius 1 is 1.53 bits per heavy atom. The lowest BCUT2D eigenvalue weighted by molar-refractivity contribution is 0.561. The average molecular weight is 252 g/mol. The molecule has 0 amide bonds. The molecule has 0 aromatic heterocycles. The Bertz CT molecular complexity index is 274. The van der Waals surface area contributed by atoms with Crippen LogP contribution in [0.25, 0.3) is 0 Å². The summed E-state index contributed by atoms with van der Waals surface area (Å²) in [6.07, 6.45) is 2.34. The summed E-state index contributed by atoms with van der Waals surface area (Å²) in [6, 6.07) is 0. The van der Waals surface area contributed by atoms with Crippen LogP contribution in [0.5, 0.6) is 0 Å². The van der Waals surface area contributed by atoms with Crippen LogP contribution < -0.4 is 10.0 Å². The molecule has 1 rings (SSSR count). The molecule has 0 saturated carbocycles. The third kappa shape index (κ3) is 4.30. The molecule has 0 aromatic carbocycles. The van der Waals surface area contributed by atoms with E-state index in [1.807, 2.05) is 11.8 Å². The first-order valence-corrected chi connectivity index (χ1v) is 7.90. The van der Waals surface area contributed by atoms with E-state index >= 15 is 0 Å². The van der Waals surface area contributed by atoms with Crippen molar-refractivity contribution in [3.05, 3.63) is 0 Å². The minimum absolute atomic E-state index is 0.367. The molecule has 1 heterocycles. The first kappa shape index (κ1) is 13.3. The number of sulfonamides is 1. The summed E-state index contributed by atoms with van der Waals surface area (Å²) in [5.41, 5.74) is 0. The van der Waals surface area contributed by atoms with Crippen molar-refractivity contribution in [3.8, 4) is 0 Å². The second kappa shape index (κ2) is 6.08. The summed E-state index contributed by atoms with van der Waals surface area (Å²) in [7, 11) is -1.37. The van der Waals surface area contributed by atoms with E-state index in [9.17, 15) is 8.42 Å². The number of nitrogens with one attached hydrogen (secondary N) is 2. The van der Waals surface area contributed by atoms with Gasteiger partial charge in [-0.25, -0.2) is 13.1 Å². The Hall–Kier alpha value is 0.220. The highest BCUT2D eigenvalue weighted by atomic mass is 32.2. The first-order chi connectivity index (χ1) is 7.06. The Kier molecular flexibility index (Phi) is 5.38. The lowest BCUT2D eigenvalue weighted by Gasteiger charge is -2.15. The fourth-order valence-electron chi connectivity index (χ4n) is 1.55. The third-order valence-corrected chi connectivity index (χ3v) is 5.75. The predicted molar refractivity (Wildman–Crippen MR) is 65.8 cm³/mol. The molecule has 1 aliphatic heterocycles. The predicted octanol–water partition coefficient (Wildman–Crippen LogP) is 0.409. The van der Waals surface area contributed by atoms with Crippen LogP contribution in [0.2, 0.25) is 0 Å². The molecule has 0 bridgehead atoms. The molecule has 2 atom stereocenters. The maximum absolute atomic E-state index is 11.7. The van der Waals surface area contributed by atoms with Crippen LogP contribution in [0.3, 0.4) is 0 Å². The van der Waals surface area contributed by atoms with Crippen molar-refractivity contribution < 1.29 is 8.42 Å². The van der Waals surface area contributed by atoms with E-state index in [-0.39, 0.29) is 5.25 Å². The van der Waals surface area contributed by atoms with E-state index in [1.165, 1.54) is 12.2 Å². The van der Waals surface area contributed by atoms with Gasteiger partial charge in [-0.2, -0.15) is 11.8 Å². The van der Waals surface area contributed by atoms with Gasteiger partial charge in [0.25, 0.3) is 0 Å². The maximum atomic E-state index is 11.7. The fourth-order valence-corrected chi connectivity index (χ4v) is 3.96. The van der Waals surface area contributed by atoms with Crippen LogP contribution in [0.1, 0.15) is 19.8 Å². The van der Waals surface area contributed by atoms with Crippen molar-refractivity contribution in [1.82, 2.24) is 10.0 Å². The van der Waals surface area contributed by atoms with Gasteiger partial charge in [-0.1, -0.05) is 0 Å². The van der Waals surface area contributed by atoms with Crippen molar-refractivity contribution in [2.45, 2.75) is 30.3 Å². The van der Waals surface area contributed by atoms with Gasteiger partial charge in [0.15, 0.2) is 0 Å². The number of rotatable bonds is 6. The van der Waals surface area contributed by atoms with E-state index in [0.717, 1.165) is 6.42 Å². The van der Waals surface area contributed by atoms with Gasteiger partial charge in [-0.05, 0) is 32.6 Å². The highest BCUT2D eigenvalue weighted by Gasteiger charge is 2.22. The van der Waals surface area contributed by atoms with Crippen molar-refractivity contribution in [2.24, 2.45) is 0 Å². The van der Waals surface area contributed by atoms with Crippen LogP contribution in [-0.4, -0.2) is 44.8 Å². The van der Waals surface area contributed by atoms with E-state index < -0.39 is 10.0 Å². The maximum Gasteiger partial charge on any atom is 0.215 e. The van der Waals surface area contributed by atoms with Crippen LogP contribution in [0.15, 0.2) is 0 Å². The summed E-state index contributed by atoms with van der Waals surface area (Å²) in [4.78, 5) is 0. The third-order valence-electron chi connectivity index (χ3n) is 2.56. The van der Waals surface area contributed by atoms with E-state index in [1.54, 1.807) is 14.0 Å². The van der Waals surface area contributed by atoms with Gasteiger partial charge in [-0.15, -0.1) is 0 Å². The monoisotopic (exact) mass is 252 g/mol. The normalized spacial score (nSPS) is 24.3. The molecule has 90 valence electrons. The lowest BCUT2D eigenvalue weighted by atomic mass is 10.2. The second-order valence-corrected chi connectivity index (χ2v) is 7.49. The zero-order valence-electron chi connectivity index (χ0n) is 9.32. The topological polar surface area (TPSA) is 58.2 Å². The van der Waals surface area contributed by atoms with E-state index in [4.69, 9.17) is 0 Å². The van der Waals surface area contributed by atoms with Gasteiger partial charge in [0.05, 0.1) is 5.25 Å². The molecule has 1 saturated heterocycles. The zero-order valence-corrected chi connectivity index (χ0v) is 11.0. The second-order valence-electron chi connectivity index (χ2n) is 3.90. The quantitative estimate of drug-likeness (QED) is 0.719. The fraction of sp³-hybridized carbons (Fsp3) is 1.00. The summed E-state index contributed by atoms with van der Waals surface area (Å²) in [5.74, 6) is 1.17. The van der Waals surface area contributed by atoms with Crippen molar-refractivity contribution in [3.63, 3.8) is 0 Å². The SMILES string of the molecule is CNCC(C)S(=O)(=O)NCC1CCCS1. The molecule has 4 nitrogen and oxygen atoms in total. The van der Waals surface area contributed by atoms with Gasteiger partial charge in [0, 0.05) is 18.3 Å². The number of hydrogen-bond acceptors (Lipinski definition) is 4. The van der Waals surface area contributed by atoms with Crippen LogP contribution in [0.4, 0.5) is 0 Å². The molecule has 6 heteroatoms. The summed E-state index contributed by atoms with van der Waals surface area (Å²) in [6.45, 7) is 2.80.